The van der Waals surface area contributed by atoms with Gasteiger partial charge in [0.05, 0.1) is 6.54 Å². The first-order valence-electron chi connectivity index (χ1n) is 5.82. The van der Waals surface area contributed by atoms with E-state index in [9.17, 15) is 9.59 Å². The van der Waals surface area contributed by atoms with Crippen LogP contribution in [0, 0.1) is 13.8 Å². The van der Waals surface area contributed by atoms with Crippen LogP contribution in [0.4, 0.5) is 5.69 Å². The van der Waals surface area contributed by atoms with Gasteiger partial charge in [-0.3, -0.25) is 4.79 Å². The highest BCUT2D eigenvalue weighted by atomic mass is 16.4. The Hall–Kier alpha value is -2.04. The molecule has 0 spiro atoms. The number of benzene rings is 1. The molecular formula is C13H16N2O3. The maximum atomic E-state index is 11.5. The lowest BCUT2D eigenvalue weighted by atomic mass is 10.1. The van der Waals surface area contributed by atoms with Gasteiger partial charge < -0.3 is 15.3 Å². The third kappa shape index (κ3) is 2.30. The lowest BCUT2D eigenvalue weighted by Crippen LogP contribution is -2.57. The summed E-state index contributed by atoms with van der Waals surface area (Å²) in [5.74, 6) is -1.26. The molecule has 1 aliphatic heterocycles. The van der Waals surface area contributed by atoms with Crippen LogP contribution in [0.15, 0.2) is 18.2 Å². The molecule has 0 saturated carbocycles. The molecule has 1 heterocycles. The van der Waals surface area contributed by atoms with Crippen molar-refractivity contribution in [2.75, 3.05) is 18.0 Å². The number of anilines is 1. The maximum absolute atomic E-state index is 11.5. The van der Waals surface area contributed by atoms with Crippen molar-refractivity contribution in [3.8, 4) is 0 Å². The zero-order valence-electron chi connectivity index (χ0n) is 10.4. The van der Waals surface area contributed by atoms with Crippen LogP contribution in [0.3, 0.4) is 0 Å². The SMILES string of the molecule is Cc1cccc(N2CC(=O)NC(C(=O)O)C2)c1C. The molecule has 1 aromatic carbocycles. The van der Waals surface area contributed by atoms with Crippen LogP contribution in [0.1, 0.15) is 11.1 Å². The minimum Gasteiger partial charge on any atom is -0.480 e. The first-order valence-corrected chi connectivity index (χ1v) is 5.82. The van der Waals surface area contributed by atoms with Crippen molar-refractivity contribution in [1.29, 1.82) is 0 Å². The van der Waals surface area contributed by atoms with Crippen LogP contribution in [-0.4, -0.2) is 36.1 Å². The number of carboxylic acids is 1. The van der Waals surface area contributed by atoms with Gasteiger partial charge in [-0.1, -0.05) is 12.1 Å². The summed E-state index contributed by atoms with van der Waals surface area (Å²) in [4.78, 5) is 24.3. The Morgan fingerprint density at radius 3 is 2.83 bits per heavy atom. The van der Waals surface area contributed by atoms with E-state index in [0.717, 1.165) is 16.8 Å². The van der Waals surface area contributed by atoms with Gasteiger partial charge in [0.25, 0.3) is 0 Å². The van der Waals surface area contributed by atoms with Crippen molar-refractivity contribution < 1.29 is 14.7 Å². The van der Waals surface area contributed by atoms with E-state index in [0.29, 0.717) is 6.54 Å². The molecule has 1 atom stereocenters. The average molecular weight is 248 g/mol. The van der Waals surface area contributed by atoms with Gasteiger partial charge in [-0.15, -0.1) is 0 Å². The number of nitrogens with zero attached hydrogens (tertiary/aromatic N) is 1. The van der Waals surface area contributed by atoms with E-state index in [-0.39, 0.29) is 12.5 Å². The fourth-order valence-electron chi connectivity index (χ4n) is 2.15. The Labute approximate surface area is 105 Å². The molecule has 5 heteroatoms. The molecule has 1 fully saturated rings. The summed E-state index contributed by atoms with van der Waals surface area (Å²) in [7, 11) is 0. The summed E-state index contributed by atoms with van der Waals surface area (Å²) in [6.45, 7) is 4.48. The van der Waals surface area contributed by atoms with Crippen molar-refractivity contribution in [3.05, 3.63) is 29.3 Å². The first-order chi connectivity index (χ1) is 8.49. The Bertz CT molecular complexity index is 499. The lowest BCUT2D eigenvalue weighted by molar-refractivity contribution is -0.142. The van der Waals surface area contributed by atoms with Gasteiger partial charge in [0.15, 0.2) is 0 Å². The molecule has 2 N–H and O–H groups in total. The highest BCUT2D eigenvalue weighted by Crippen LogP contribution is 2.23. The highest BCUT2D eigenvalue weighted by Gasteiger charge is 2.30. The van der Waals surface area contributed by atoms with Gasteiger partial charge in [0.2, 0.25) is 5.91 Å². The fourth-order valence-corrected chi connectivity index (χ4v) is 2.15. The van der Waals surface area contributed by atoms with E-state index in [4.69, 9.17) is 5.11 Å². The van der Waals surface area contributed by atoms with Gasteiger partial charge in [0.1, 0.15) is 6.04 Å². The summed E-state index contributed by atoms with van der Waals surface area (Å²) in [5, 5.41) is 11.5. The molecule has 0 aliphatic carbocycles. The zero-order valence-corrected chi connectivity index (χ0v) is 10.4. The number of nitrogens with one attached hydrogen (secondary N) is 1. The zero-order chi connectivity index (χ0) is 13.3. The molecule has 0 aromatic heterocycles. The van der Waals surface area contributed by atoms with Crippen molar-refractivity contribution in [3.63, 3.8) is 0 Å². The number of aryl methyl sites for hydroxylation is 1. The van der Waals surface area contributed by atoms with Crippen molar-refractivity contribution in [1.82, 2.24) is 5.32 Å². The molecule has 0 radical (unpaired) electrons. The smallest absolute Gasteiger partial charge is 0.328 e. The molecule has 1 saturated heterocycles. The second-order valence-corrected chi connectivity index (χ2v) is 4.56. The largest absolute Gasteiger partial charge is 0.480 e. The number of piperazine rings is 1. The Morgan fingerprint density at radius 2 is 2.17 bits per heavy atom. The van der Waals surface area contributed by atoms with Crippen LogP contribution in [0.2, 0.25) is 0 Å². The van der Waals surface area contributed by atoms with Crippen LogP contribution in [0.25, 0.3) is 0 Å². The minimum atomic E-state index is -1.00. The number of carboxylic acid groups (broad SMARTS) is 1. The van der Waals surface area contributed by atoms with Crippen molar-refractivity contribution in [2.24, 2.45) is 0 Å². The molecule has 2 rings (SSSR count). The molecular weight excluding hydrogens is 232 g/mol. The summed E-state index contributed by atoms with van der Waals surface area (Å²) >= 11 is 0. The topological polar surface area (TPSA) is 69.6 Å². The van der Waals surface area contributed by atoms with Crippen LogP contribution in [0.5, 0.6) is 0 Å². The van der Waals surface area contributed by atoms with Crippen LogP contribution >= 0.6 is 0 Å². The fraction of sp³-hybridized carbons (Fsp3) is 0.385. The molecule has 18 heavy (non-hydrogen) atoms. The number of carbonyl (C=O) groups excluding carboxylic acids is 1. The molecule has 1 aromatic rings. The lowest BCUT2D eigenvalue weighted by Gasteiger charge is -2.33. The molecule has 0 bridgehead atoms. The van der Waals surface area contributed by atoms with Gasteiger partial charge in [-0.05, 0) is 31.0 Å². The summed E-state index contributed by atoms with van der Waals surface area (Å²) < 4.78 is 0. The molecule has 1 amide bonds. The quantitative estimate of drug-likeness (QED) is 0.808. The van der Waals surface area contributed by atoms with E-state index in [1.54, 1.807) is 0 Å². The van der Waals surface area contributed by atoms with Crippen molar-refractivity contribution >= 4 is 17.6 Å². The van der Waals surface area contributed by atoms with Gasteiger partial charge in [0, 0.05) is 12.2 Å². The van der Waals surface area contributed by atoms with Gasteiger partial charge in [-0.2, -0.15) is 0 Å². The Balaban J connectivity index is 2.29. The van der Waals surface area contributed by atoms with E-state index in [1.165, 1.54) is 0 Å². The summed E-state index contributed by atoms with van der Waals surface area (Å²) in [6.07, 6.45) is 0. The number of amides is 1. The molecule has 96 valence electrons. The average Bonchev–Trinajstić information content (AvgIpc) is 2.31. The van der Waals surface area contributed by atoms with Gasteiger partial charge >= 0.3 is 5.97 Å². The van der Waals surface area contributed by atoms with Crippen LogP contribution in [-0.2, 0) is 9.59 Å². The first kappa shape index (κ1) is 12.4. The second kappa shape index (κ2) is 4.68. The second-order valence-electron chi connectivity index (χ2n) is 4.56. The number of rotatable bonds is 2. The predicted molar refractivity (Wildman–Crippen MR) is 67.7 cm³/mol. The normalized spacial score (nSPS) is 19.6. The Kier molecular flexibility index (Phi) is 3.23. The number of hydrogen-bond acceptors (Lipinski definition) is 3. The van der Waals surface area contributed by atoms with E-state index < -0.39 is 12.0 Å². The third-order valence-corrected chi connectivity index (χ3v) is 3.29. The third-order valence-electron chi connectivity index (χ3n) is 3.29. The molecule has 1 aliphatic rings. The van der Waals surface area contributed by atoms with Crippen molar-refractivity contribution in [2.45, 2.75) is 19.9 Å². The molecule has 5 nitrogen and oxygen atoms in total. The van der Waals surface area contributed by atoms with E-state index in [1.807, 2.05) is 36.9 Å². The summed E-state index contributed by atoms with van der Waals surface area (Å²) in [6, 6.07) is 4.99. The van der Waals surface area contributed by atoms with E-state index in [2.05, 4.69) is 5.32 Å². The standard InChI is InChI=1S/C13H16N2O3/c1-8-4-3-5-11(9(8)2)15-6-10(13(17)18)14-12(16)7-15/h3-5,10H,6-7H2,1-2H3,(H,14,16)(H,17,18). The number of hydrogen-bond donors (Lipinski definition) is 2. The highest BCUT2D eigenvalue weighted by molar-refractivity contribution is 5.89. The summed E-state index contributed by atoms with van der Waals surface area (Å²) in [5.41, 5.74) is 3.14. The predicted octanol–water partition coefficient (Wildman–Crippen LogP) is 0.693. The van der Waals surface area contributed by atoms with Crippen LogP contribution < -0.4 is 10.2 Å². The monoisotopic (exact) mass is 248 g/mol. The number of aliphatic carboxylic acids is 1. The van der Waals surface area contributed by atoms with E-state index >= 15 is 0 Å². The minimum absolute atomic E-state index is 0.202. The maximum Gasteiger partial charge on any atom is 0.328 e. The number of carbonyl (C=O) groups is 2. The molecule has 1 unspecified atom stereocenters. The Morgan fingerprint density at radius 1 is 1.44 bits per heavy atom. The van der Waals surface area contributed by atoms with Gasteiger partial charge in [-0.25, -0.2) is 4.79 Å².